The molecule has 136 valence electrons. The van der Waals surface area contributed by atoms with Gasteiger partial charge in [0.2, 0.25) is 5.91 Å². The SMILES string of the molecule is Cc1ccc(C(=O)CCC(=O)NC(C)C2(c3ccc(Br)cc3)CC2)cc1. The van der Waals surface area contributed by atoms with E-state index in [1.54, 1.807) is 0 Å². The average molecular weight is 414 g/mol. The lowest BCUT2D eigenvalue weighted by atomic mass is 9.89. The normalized spacial score (nSPS) is 16.0. The van der Waals surface area contributed by atoms with Crippen LogP contribution in [0.2, 0.25) is 0 Å². The second kappa shape index (κ2) is 7.75. The van der Waals surface area contributed by atoms with Crippen molar-refractivity contribution in [3.63, 3.8) is 0 Å². The summed E-state index contributed by atoms with van der Waals surface area (Å²) in [6.07, 6.45) is 2.64. The van der Waals surface area contributed by atoms with Crippen LogP contribution >= 0.6 is 15.9 Å². The lowest BCUT2D eigenvalue weighted by molar-refractivity contribution is -0.121. The molecule has 4 heteroatoms. The Kier molecular flexibility index (Phi) is 5.61. The quantitative estimate of drug-likeness (QED) is 0.652. The molecule has 0 saturated heterocycles. The molecule has 2 aromatic rings. The van der Waals surface area contributed by atoms with Crippen molar-refractivity contribution < 1.29 is 9.59 Å². The van der Waals surface area contributed by atoms with Crippen LogP contribution in [-0.4, -0.2) is 17.7 Å². The standard InChI is InChI=1S/C22H24BrNO2/c1-15-3-5-17(6-4-15)20(25)11-12-21(26)24-16(2)22(13-14-22)18-7-9-19(23)10-8-18/h3-10,16H,11-14H2,1-2H3,(H,24,26). The lowest BCUT2D eigenvalue weighted by Crippen LogP contribution is -2.41. The summed E-state index contributed by atoms with van der Waals surface area (Å²) in [5.74, 6) is -0.0387. The predicted octanol–water partition coefficient (Wildman–Crippen LogP) is 4.96. The monoisotopic (exact) mass is 413 g/mol. The summed E-state index contributed by atoms with van der Waals surface area (Å²) in [6, 6.07) is 15.9. The molecule has 1 aliphatic carbocycles. The first kappa shape index (κ1) is 18.8. The molecule has 0 aromatic heterocycles. The summed E-state index contributed by atoms with van der Waals surface area (Å²) >= 11 is 3.47. The van der Waals surface area contributed by atoms with Crippen LogP contribution < -0.4 is 5.32 Å². The van der Waals surface area contributed by atoms with Crippen molar-refractivity contribution in [3.05, 3.63) is 69.7 Å². The predicted molar refractivity (Wildman–Crippen MR) is 107 cm³/mol. The van der Waals surface area contributed by atoms with E-state index in [0.717, 1.165) is 22.9 Å². The molecule has 3 rings (SSSR count). The fourth-order valence-electron chi connectivity index (χ4n) is 3.45. The molecule has 1 saturated carbocycles. The fraction of sp³-hybridized carbons (Fsp3) is 0.364. The second-order valence-electron chi connectivity index (χ2n) is 7.24. The number of aryl methyl sites for hydroxylation is 1. The molecule has 1 aliphatic rings. The number of nitrogens with one attached hydrogen (secondary N) is 1. The summed E-state index contributed by atoms with van der Waals surface area (Å²) < 4.78 is 1.06. The van der Waals surface area contributed by atoms with E-state index in [1.807, 2.05) is 43.3 Å². The molecule has 26 heavy (non-hydrogen) atoms. The first-order chi connectivity index (χ1) is 12.4. The Morgan fingerprint density at radius 3 is 2.23 bits per heavy atom. The fourth-order valence-corrected chi connectivity index (χ4v) is 3.72. The molecule has 1 atom stereocenters. The van der Waals surface area contributed by atoms with Gasteiger partial charge in [0, 0.05) is 34.3 Å². The van der Waals surface area contributed by atoms with Crippen molar-refractivity contribution in [2.24, 2.45) is 0 Å². The van der Waals surface area contributed by atoms with E-state index in [1.165, 1.54) is 5.56 Å². The number of ketones is 1. The molecular formula is C22H24BrNO2. The lowest BCUT2D eigenvalue weighted by Gasteiger charge is -2.25. The number of carbonyl (C=O) groups is 2. The molecule has 1 unspecified atom stereocenters. The van der Waals surface area contributed by atoms with Gasteiger partial charge in [-0.15, -0.1) is 0 Å². The molecular weight excluding hydrogens is 390 g/mol. The van der Waals surface area contributed by atoms with E-state index in [4.69, 9.17) is 0 Å². The highest BCUT2D eigenvalue weighted by atomic mass is 79.9. The number of amides is 1. The zero-order valence-electron chi connectivity index (χ0n) is 15.2. The number of carbonyl (C=O) groups excluding carboxylic acids is 2. The van der Waals surface area contributed by atoms with Crippen LogP contribution in [0.15, 0.2) is 53.0 Å². The first-order valence-corrected chi connectivity index (χ1v) is 9.85. The second-order valence-corrected chi connectivity index (χ2v) is 8.16. The molecule has 1 N–H and O–H groups in total. The zero-order chi connectivity index (χ0) is 18.7. The van der Waals surface area contributed by atoms with Crippen molar-refractivity contribution in [1.29, 1.82) is 0 Å². The first-order valence-electron chi connectivity index (χ1n) is 9.06. The van der Waals surface area contributed by atoms with Gasteiger partial charge in [-0.3, -0.25) is 9.59 Å². The summed E-state index contributed by atoms with van der Waals surface area (Å²) in [4.78, 5) is 24.6. The highest BCUT2D eigenvalue weighted by Crippen LogP contribution is 2.51. The molecule has 0 radical (unpaired) electrons. The summed E-state index contributed by atoms with van der Waals surface area (Å²) in [5, 5.41) is 3.11. The third kappa shape index (κ3) is 4.24. The van der Waals surface area contributed by atoms with Crippen LogP contribution in [0.5, 0.6) is 0 Å². The largest absolute Gasteiger partial charge is 0.353 e. The zero-order valence-corrected chi connectivity index (χ0v) is 16.8. The van der Waals surface area contributed by atoms with Gasteiger partial charge in [0.1, 0.15) is 0 Å². The molecule has 0 aliphatic heterocycles. The molecule has 0 bridgehead atoms. The number of Topliss-reactive ketones (excluding diaryl/α,β-unsaturated/α-hetero) is 1. The number of rotatable bonds is 7. The maximum Gasteiger partial charge on any atom is 0.220 e. The van der Waals surface area contributed by atoms with Gasteiger partial charge in [0.25, 0.3) is 0 Å². The van der Waals surface area contributed by atoms with Crippen LogP contribution in [0.3, 0.4) is 0 Å². The highest BCUT2D eigenvalue weighted by molar-refractivity contribution is 9.10. The van der Waals surface area contributed by atoms with Gasteiger partial charge < -0.3 is 5.32 Å². The Morgan fingerprint density at radius 1 is 1.04 bits per heavy atom. The van der Waals surface area contributed by atoms with E-state index >= 15 is 0 Å². The van der Waals surface area contributed by atoms with Crippen molar-refractivity contribution in [3.8, 4) is 0 Å². The van der Waals surface area contributed by atoms with Gasteiger partial charge in [-0.25, -0.2) is 0 Å². The van der Waals surface area contributed by atoms with E-state index < -0.39 is 0 Å². The minimum Gasteiger partial charge on any atom is -0.353 e. The molecule has 0 heterocycles. The van der Waals surface area contributed by atoms with Crippen LogP contribution in [0.1, 0.15) is 54.1 Å². The highest BCUT2D eigenvalue weighted by Gasteiger charge is 2.49. The van der Waals surface area contributed by atoms with Gasteiger partial charge in [-0.1, -0.05) is 57.9 Å². The third-order valence-corrected chi connectivity index (χ3v) is 5.90. The van der Waals surface area contributed by atoms with Gasteiger partial charge in [-0.2, -0.15) is 0 Å². The van der Waals surface area contributed by atoms with Crippen LogP contribution in [-0.2, 0) is 10.2 Å². The summed E-state index contributed by atoms with van der Waals surface area (Å²) in [7, 11) is 0. The maximum absolute atomic E-state index is 12.3. The van der Waals surface area contributed by atoms with Crippen molar-refractivity contribution >= 4 is 27.6 Å². The van der Waals surface area contributed by atoms with E-state index in [2.05, 4.69) is 40.3 Å². The Labute approximate surface area is 163 Å². The van der Waals surface area contributed by atoms with Gasteiger partial charge in [0.15, 0.2) is 5.78 Å². The Hall–Kier alpha value is -1.94. The van der Waals surface area contributed by atoms with Gasteiger partial charge in [0.05, 0.1) is 0 Å². The molecule has 3 nitrogen and oxygen atoms in total. The number of hydrogen-bond acceptors (Lipinski definition) is 2. The average Bonchev–Trinajstić information content (AvgIpc) is 3.43. The number of halogens is 1. The maximum atomic E-state index is 12.3. The van der Waals surface area contributed by atoms with E-state index in [-0.39, 0.29) is 36.0 Å². The van der Waals surface area contributed by atoms with Gasteiger partial charge >= 0.3 is 0 Å². The van der Waals surface area contributed by atoms with Gasteiger partial charge in [-0.05, 0) is 44.4 Å². The van der Waals surface area contributed by atoms with Crippen molar-refractivity contribution in [1.82, 2.24) is 5.32 Å². The summed E-state index contributed by atoms with van der Waals surface area (Å²) in [6.45, 7) is 4.05. The van der Waals surface area contributed by atoms with Crippen molar-refractivity contribution in [2.75, 3.05) is 0 Å². The molecule has 0 spiro atoms. The van der Waals surface area contributed by atoms with Crippen LogP contribution in [0.4, 0.5) is 0 Å². The van der Waals surface area contributed by atoms with Crippen LogP contribution in [0.25, 0.3) is 0 Å². The summed E-state index contributed by atoms with van der Waals surface area (Å²) in [5.41, 5.74) is 3.10. The molecule has 2 aromatic carbocycles. The van der Waals surface area contributed by atoms with Crippen LogP contribution in [0, 0.1) is 6.92 Å². The third-order valence-electron chi connectivity index (χ3n) is 5.37. The molecule has 1 fully saturated rings. The van der Waals surface area contributed by atoms with E-state index in [0.29, 0.717) is 5.56 Å². The smallest absolute Gasteiger partial charge is 0.220 e. The Morgan fingerprint density at radius 2 is 1.65 bits per heavy atom. The Bertz CT molecular complexity index is 792. The number of hydrogen-bond donors (Lipinski definition) is 1. The topological polar surface area (TPSA) is 46.2 Å². The minimum absolute atomic E-state index is 0.0156. The van der Waals surface area contributed by atoms with E-state index in [9.17, 15) is 9.59 Å². The number of benzene rings is 2. The molecule has 1 amide bonds. The Balaban J connectivity index is 1.54. The minimum atomic E-state index is -0.0543. The van der Waals surface area contributed by atoms with Crippen molar-refractivity contribution in [2.45, 2.75) is 51.0 Å².